The van der Waals surface area contributed by atoms with Crippen molar-refractivity contribution in [3.63, 3.8) is 0 Å². The molecule has 0 atom stereocenters. The average Bonchev–Trinajstić information content (AvgIpc) is 2.70. The molecule has 1 fully saturated rings. The predicted molar refractivity (Wildman–Crippen MR) is 95.8 cm³/mol. The molecule has 0 aliphatic carbocycles. The summed E-state index contributed by atoms with van der Waals surface area (Å²) in [6.07, 6.45) is 0. The summed E-state index contributed by atoms with van der Waals surface area (Å²) in [5.74, 6) is 1.75. The second-order valence-electron chi connectivity index (χ2n) is 5.57. The molecule has 27 heavy (non-hydrogen) atoms. The first-order chi connectivity index (χ1) is 13.3. The van der Waals surface area contributed by atoms with Crippen molar-refractivity contribution in [2.75, 3.05) is 0 Å². The Bertz CT molecular complexity index is 693. The summed E-state index contributed by atoms with van der Waals surface area (Å²) in [5.41, 5.74) is 0. The maximum absolute atomic E-state index is 5.71. The van der Waals surface area contributed by atoms with Crippen molar-refractivity contribution in [1.29, 1.82) is 0 Å². The molecule has 1 heterocycles. The third-order valence-corrected chi connectivity index (χ3v) is 3.59. The van der Waals surface area contributed by atoms with Gasteiger partial charge in [0.25, 0.3) is 0 Å². The minimum absolute atomic E-state index is 0.585. The average molecular weight is 366 g/mol. The molecule has 0 aromatic heterocycles. The van der Waals surface area contributed by atoms with Crippen LogP contribution in [0.4, 0.5) is 0 Å². The first-order valence-electron chi connectivity index (χ1n) is 8.47. The van der Waals surface area contributed by atoms with Gasteiger partial charge in [0.05, 0.1) is 0 Å². The fraction of sp³-hybridized carbons (Fsp3) is 0.143. The Labute approximate surface area is 156 Å². The van der Waals surface area contributed by atoms with Gasteiger partial charge in [-0.3, -0.25) is 14.2 Å². The Morgan fingerprint density at radius 3 is 0.926 bits per heavy atom. The largest absolute Gasteiger partial charge is 0.441 e. The zero-order valence-electron chi connectivity index (χ0n) is 14.3. The molecule has 1 aliphatic rings. The van der Waals surface area contributed by atoms with Gasteiger partial charge >= 0.3 is 19.4 Å². The molecule has 3 aromatic rings. The highest BCUT2D eigenvalue weighted by Crippen LogP contribution is 2.24. The van der Waals surface area contributed by atoms with Crippen molar-refractivity contribution in [3.05, 3.63) is 91.0 Å². The predicted octanol–water partition coefficient (Wildman–Crippen LogP) is 4.14. The zero-order chi connectivity index (χ0) is 18.3. The molecule has 138 valence electrons. The number of hydrogen-bond acceptors (Lipinski definition) is 6. The number of hydrogen-bond donors (Lipinski definition) is 0. The standard InChI is InChI=1S/C21H18O6/c1-4-10-16(11-5-1)22-19-25-20(23-17-12-6-2-7-13-17)27-21(26-19)24-18-14-8-3-9-15-18/h1-15,19-21H. The van der Waals surface area contributed by atoms with Crippen LogP contribution < -0.4 is 14.2 Å². The fourth-order valence-electron chi connectivity index (χ4n) is 2.37. The molecule has 0 saturated carbocycles. The van der Waals surface area contributed by atoms with E-state index in [0.717, 1.165) is 0 Å². The van der Waals surface area contributed by atoms with E-state index in [1.165, 1.54) is 0 Å². The van der Waals surface area contributed by atoms with Gasteiger partial charge in [0, 0.05) is 0 Å². The van der Waals surface area contributed by atoms with Crippen LogP contribution in [-0.2, 0) is 14.2 Å². The van der Waals surface area contributed by atoms with Crippen LogP contribution in [-0.4, -0.2) is 19.4 Å². The summed E-state index contributed by atoms with van der Waals surface area (Å²) in [6, 6.07) is 27.5. The van der Waals surface area contributed by atoms with E-state index in [2.05, 4.69) is 0 Å². The van der Waals surface area contributed by atoms with Crippen molar-refractivity contribution >= 4 is 0 Å². The minimum Gasteiger partial charge on any atom is -0.441 e. The van der Waals surface area contributed by atoms with Gasteiger partial charge in [0.15, 0.2) is 0 Å². The summed E-state index contributed by atoms with van der Waals surface area (Å²) in [5, 5.41) is 0. The maximum Gasteiger partial charge on any atom is 0.325 e. The van der Waals surface area contributed by atoms with Gasteiger partial charge < -0.3 is 14.2 Å². The molecule has 3 aromatic carbocycles. The zero-order valence-corrected chi connectivity index (χ0v) is 14.3. The van der Waals surface area contributed by atoms with Gasteiger partial charge in [0.1, 0.15) is 17.2 Å². The van der Waals surface area contributed by atoms with Crippen LogP contribution in [0, 0.1) is 0 Å². The summed E-state index contributed by atoms with van der Waals surface area (Å²) in [6.45, 7) is -3.20. The van der Waals surface area contributed by atoms with Gasteiger partial charge in [-0.25, -0.2) is 0 Å². The van der Waals surface area contributed by atoms with E-state index >= 15 is 0 Å². The van der Waals surface area contributed by atoms with E-state index in [4.69, 9.17) is 28.4 Å². The monoisotopic (exact) mass is 366 g/mol. The highest BCUT2D eigenvalue weighted by molar-refractivity contribution is 5.22. The van der Waals surface area contributed by atoms with Crippen molar-refractivity contribution < 1.29 is 28.4 Å². The molecule has 0 amide bonds. The molecule has 0 spiro atoms. The lowest BCUT2D eigenvalue weighted by atomic mass is 10.3. The van der Waals surface area contributed by atoms with Gasteiger partial charge in [-0.15, -0.1) is 0 Å². The van der Waals surface area contributed by atoms with Crippen LogP contribution in [0.25, 0.3) is 0 Å². The summed E-state index contributed by atoms with van der Waals surface area (Å²) < 4.78 is 33.9. The molecule has 6 nitrogen and oxygen atoms in total. The smallest absolute Gasteiger partial charge is 0.325 e. The van der Waals surface area contributed by atoms with Crippen LogP contribution in [0.5, 0.6) is 17.2 Å². The van der Waals surface area contributed by atoms with E-state index in [0.29, 0.717) is 17.2 Å². The second-order valence-corrected chi connectivity index (χ2v) is 5.57. The molecular weight excluding hydrogens is 348 g/mol. The SMILES string of the molecule is c1ccc(OC2OC(Oc3ccccc3)OC(Oc3ccccc3)O2)cc1. The Hall–Kier alpha value is -3.06. The lowest BCUT2D eigenvalue weighted by Gasteiger charge is -2.34. The highest BCUT2D eigenvalue weighted by atomic mass is 17.0. The molecule has 6 heteroatoms. The third kappa shape index (κ3) is 4.98. The Morgan fingerprint density at radius 1 is 0.407 bits per heavy atom. The number of ether oxygens (including phenoxy) is 6. The van der Waals surface area contributed by atoms with E-state index in [-0.39, 0.29) is 0 Å². The Morgan fingerprint density at radius 2 is 0.667 bits per heavy atom. The number of benzene rings is 3. The molecular formula is C21H18O6. The van der Waals surface area contributed by atoms with Gasteiger partial charge in [-0.05, 0) is 36.4 Å². The van der Waals surface area contributed by atoms with Crippen LogP contribution in [0.1, 0.15) is 0 Å². The van der Waals surface area contributed by atoms with Crippen LogP contribution in [0.3, 0.4) is 0 Å². The first kappa shape index (κ1) is 17.4. The molecule has 1 aliphatic heterocycles. The van der Waals surface area contributed by atoms with Crippen molar-refractivity contribution in [2.45, 2.75) is 19.4 Å². The van der Waals surface area contributed by atoms with Crippen LogP contribution >= 0.6 is 0 Å². The highest BCUT2D eigenvalue weighted by Gasteiger charge is 2.35. The Balaban J connectivity index is 1.47. The van der Waals surface area contributed by atoms with E-state index < -0.39 is 19.4 Å². The quantitative estimate of drug-likeness (QED) is 0.654. The van der Waals surface area contributed by atoms with E-state index in [1.807, 2.05) is 54.6 Å². The van der Waals surface area contributed by atoms with Gasteiger partial charge in [-0.1, -0.05) is 54.6 Å². The fourth-order valence-corrected chi connectivity index (χ4v) is 2.37. The van der Waals surface area contributed by atoms with Crippen LogP contribution in [0.15, 0.2) is 91.0 Å². The summed E-state index contributed by atoms with van der Waals surface area (Å²) >= 11 is 0. The molecule has 1 saturated heterocycles. The van der Waals surface area contributed by atoms with Gasteiger partial charge in [-0.2, -0.15) is 0 Å². The lowest BCUT2D eigenvalue weighted by Crippen LogP contribution is -2.47. The summed E-state index contributed by atoms with van der Waals surface area (Å²) in [7, 11) is 0. The summed E-state index contributed by atoms with van der Waals surface area (Å²) in [4.78, 5) is 0. The topological polar surface area (TPSA) is 55.4 Å². The molecule has 4 rings (SSSR count). The van der Waals surface area contributed by atoms with E-state index in [1.54, 1.807) is 36.4 Å². The van der Waals surface area contributed by atoms with Gasteiger partial charge in [0.2, 0.25) is 0 Å². The van der Waals surface area contributed by atoms with Crippen molar-refractivity contribution in [1.82, 2.24) is 0 Å². The second kappa shape index (κ2) is 8.55. The van der Waals surface area contributed by atoms with Crippen molar-refractivity contribution in [3.8, 4) is 17.2 Å². The van der Waals surface area contributed by atoms with E-state index in [9.17, 15) is 0 Å². The lowest BCUT2D eigenvalue weighted by molar-refractivity contribution is -0.495. The van der Waals surface area contributed by atoms with Crippen molar-refractivity contribution in [2.24, 2.45) is 0 Å². The number of para-hydroxylation sites is 3. The number of rotatable bonds is 6. The first-order valence-corrected chi connectivity index (χ1v) is 8.47. The maximum atomic E-state index is 5.71. The third-order valence-electron chi connectivity index (χ3n) is 3.59. The normalized spacial score (nSPS) is 22.0. The molecule has 0 unspecified atom stereocenters. The molecule has 0 radical (unpaired) electrons. The Kier molecular flexibility index (Phi) is 5.50. The van der Waals surface area contributed by atoms with Crippen LogP contribution in [0.2, 0.25) is 0 Å². The minimum atomic E-state index is -1.07. The molecule has 0 N–H and O–H groups in total. The molecule has 0 bridgehead atoms.